The molecule has 12 nitrogen and oxygen atoms in total. The number of nitrogens with zero attached hydrogens (tertiary/aromatic N) is 8. The molecule has 13 heteroatoms. The molecular weight excluding hydrogens is 724 g/mol. The average molecular weight is 758 g/mol. The molecule has 2 aromatic carbocycles. The van der Waals surface area contributed by atoms with E-state index in [2.05, 4.69) is 54.8 Å². The van der Waals surface area contributed by atoms with Gasteiger partial charge in [-0.25, -0.2) is 29.9 Å². The van der Waals surface area contributed by atoms with Gasteiger partial charge in [0.1, 0.15) is 11.0 Å². The largest absolute Gasteiger partial charge is 0.432 e. The zero-order chi connectivity index (χ0) is 35.0. The highest BCUT2D eigenvalue weighted by Gasteiger charge is 2.24. The zero-order valence-corrected chi connectivity index (χ0v) is 29.9. The summed E-state index contributed by atoms with van der Waals surface area (Å²) in [7, 11) is 0. The number of ether oxygens (including phenoxy) is 2. The molecular formula is C39H33BrN8O4. The Morgan fingerprint density at radius 2 is 1.08 bits per heavy atom. The summed E-state index contributed by atoms with van der Waals surface area (Å²) in [5.74, 6) is 2.99. The summed E-state index contributed by atoms with van der Waals surface area (Å²) < 4.78 is 24.0. The van der Waals surface area contributed by atoms with Crippen molar-refractivity contribution in [3.8, 4) is 22.8 Å². The van der Waals surface area contributed by atoms with E-state index in [1.165, 1.54) is 5.56 Å². The third-order valence-electron chi connectivity index (χ3n) is 9.13. The van der Waals surface area contributed by atoms with Crippen LogP contribution in [0.5, 0.6) is 0 Å². The van der Waals surface area contributed by atoms with Crippen LogP contribution in [0.15, 0.2) is 98.5 Å². The molecule has 2 saturated heterocycles. The number of rotatable bonds is 4. The first kappa shape index (κ1) is 32.4. The highest BCUT2D eigenvalue weighted by molar-refractivity contribution is 9.10. The molecule has 0 saturated carbocycles. The molecule has 2 aliphatic rings. The predicted octanol–water partition coefficient (Wildman–Crippen LogP) is 7.62. The molecule has 10 rings (SSSR count). The lowest BCUT2D eigenvalue weighted by Crippen LogP contribution is -2.37. The number of morpholine rings is 2. The molecule has 0 amide bonds. The Labute approximate surface area is 306 Å². The molecule has 8 aromatic rings. The van der Waals surface area contributed by atoms with Gasteiger partial charge in [-0.05, 0) is 49.4 Å². The van der Waals surface area contributed by atoms with Crippen molar-refractivity contribution < 1.29 is 18.3 Å². The summed E-state index contributed by atoms with van der Waals surface area (Å²) in [6, 6.07) is 24.0. The molecule has 52 heavy (non-hydrogen) atoms. The van der Waals surface area contributed by atoms with Crippen LogP contribution in [0.25, 0.3) is 67.2 Å². The van der Waals surface area contributed by atoms with Crippen molar-refractivity contribution >= 4 is 72.0 Å². The Hall–Kier alpha value is -5.50. The molecule has 6 aromatic heterocycles. The van der Waals surface area contributed by atoms with E-state index in [0.717, 1.165) is 75.2 Å². The van der Waals surface area contributed by atoms with E-state index in [1.54, 1.807) is 12.4 Å². The minimum atomic E-state index is 0.581. The number of furan rings is 2. The van der Waals surface area contributed by atoms with Gasteiger partial charge < -0.3 is 28.1 Å². The maximum absolute atomic E-state index is 6.03. The van der Waals surface area contributed by atoms with E-state index in [1.807, 2.05) is 60.7 Å². The molecule has 8 heterocycles. The summed E-state index contributed by atoms with van der Waals surface area (Å²) in [6.45, 7) is 7.90. The zero-order valence-electron chi connectivity index (χ0n) is 28.3. The summed E-state index contributed by atoms with van der Waals surface area (Å²) in [4.78, 5) is 32.4. The van der Waals surface area contributed by atoms with E-state index >= 15 is 0 Å². The van der Waals surface area contributed by atoms with E-state index in [9.17, 15) is 0 Å². The van der Waals surface area contributed by atoms with Crippen LogP contribution < -0.4 is 9.80 Å². The van der Waals surface area contributed by atoms with Crippen molar-refractivity contribution in [2.24, 2.45) is 0 Å². The highest BCUT2D eigenvalue weighted by Crippen LogP contribution is 2.36. The van der Waals surface area contributed by atoms with Crippen LogP contribution in [0.4, 0.5) is 11.6 Å². The Kier molecular flexibility index (Phi) is 8.67. The SMILES string of the molecule is Brc1cccc(-c2nc(N3CCOCC3)c3oc4ncccc4c3n2)c1.Cc1cccc(-c2nc(N3CCOCC3)c3oc4ncccc4c3n2)c1. The van der Waals surface area contributed by atoms with Gasteiger partial charge in [-0.2, -0.15) is 0 Å². The van der Waals surface area contributed by atoms with Crippen LogP contribution in [0.2, 0.25) is 0 Å². The number of fused-ring (bicyclic) bond motifs is 6. The highest BCUT2D eigenvalue weighted by atomic mass is 79.9. The predicted molar refractivity (Wildman–Crippen MR) is 204 cm³/mol. The van der Waals surface area contributed by atoms with Crippen LogP contribution in [-0.2, 0) is 9.47 Å². The monoisotopic (exact) mass is 756 g/mol. The molecule has 2 fully saturated rings. The van der Waals surface area contributed by atoms with Gasteiger partial charge in [0, 0.05) is 54.2 Å². The van der Waals surface area contributed by atoms with Crippen LogP contribution in [0.1, 0.15) is 5.56 Å². The Bertz CT molecular complexity index is 2380. The number of halogens is 1. The second kappa shape index (κ2) is 13.9. The maximum atomic E-state index is 6.03. The maximum Gasteiger partial charge on any atom is 0.229 e. The second-order valence-corrected chi connectivity index (χ2v) is 13.5. The Morgan fingerprint density at radius 1 is 0.577 bits per heavy atom. The number of aromatic nitrogens is 6. The molecule has 260 valence electrons. The number of hydrogen-bond acceptors (Lipinski definition) is 12. The quantitative estimate of drug-likeness (QED) is 0.175. The molecule has 0 spiro atoms. The van der Waals surface area contributed by atoms with Crippen molar-refractivity contribution in [1.29, 1.82) is 0 Å². The molecule has 0 bridgehead atoms. The van der Waals surface area contributed by atoms with Crippen LogP contribution in [-0.4, -0.2) is 82.5 Å². The first-order valence-electron chi connectivity index (χ1n) is 17.2. The lowest BCUT2D eigenvalue weighted by Gasteiger charge is -2.27. The fourth-order valence-corrected chi connectivity index (χ4v) is 6.98. The minimum absolute atomic E-state index is 0.581. The molecule has 0 unspecified atom stereocenters. The summed E-state index contributed by atoms with van der Waals surface area (Å²) in [6.07, 6.45) is 3.45. The summed E-state index contributed by atoms with van der Waals surface area (Å²) in [5, 5.41) is 1.81. The normalized spacial score (nSPS) is 15.0. The van der Waals surface area contributed by atoms with Crippen LogP contribution in [0, 0.1) is 6.92 Å². The van der Waals surface area contributed by atoms with Crippen molar-refractivity contribution in [2.75, 3.05) is 62.4 Å². The van der Waals surface area contributed by atoms with E-state index in [4.69, 9.17) is 38.2 Å². The Morgan fingerprint density at radius 3 is 1.58 bits per heavy atom. The lowest BCUT2D eigenvalue weighted by atomic mass is 10.1. The smallest absolute Gasteiger partial charge is 0.229 e. The molecule has 0 atom stereocenters. The van der Waals surface area contributed by atoms with Gasteiger partial charge >= 0.3 is 0 Å². The molecule has 0 N–H and O–H groups in total. The summed E-state index contributed by atoms with van der Waals surface area (Å²) in [5.41, 5.74) is 7.27. The second-order valence-electron chi connectivity index (χ2n) is 12.6. The van der Waals surface area contributed by atoms with Crippen molar-refractivity contribution in [3.05, 3.63) is 95.2 Å². The molecule has 0 radical (unpaired) electrons. The van der Waals surface area contributed by atoms with Gasteiger partial charge in [0.25, 0.3) is 0 Å². The lowest BCUT2D eigenvalue weighted by molar-refractivity contribution is 0.122. The Balaban J connectivity index is 0.000000138. The number of hydrogen-bond donors (Lipinski definition) is 0. The number of pyridine rings is 2. The van der Waals surface area contributed by atoms with Crippen LogP contribution >= 0.6 is 15.9 Å². The van der Waals surface area contributed by atoms with Gasteiger partial charge in [0.15, 0.2) is 34.5 Å². The minimum Gasteiger partial charge on any atom is -0.432 e. The van der Waals surface area contributed by atoms with E-state index < -0.39 is 0 Å². The third kappa shape index (κ3) is 6.20. The molecule has 0 aliphatic carbocycles. The van der Waals surface area contributed by atoms with Crippen molar-refractivity contribution in [1.82, 2.24) is 29.9 Å². The van der Waals surface area contributed by atoms with Crippen LogP contribution in [0.3, 0.4) is 0 Å². The van der Waals surface area contributed by atoms with Crippen molar-refractivity contribution in [2.45, 2.75) is 6.92 Å². The van der Waals surface area contributed by atoms with Gasteiger partial charge in [-0.3, -0.25) is 0 Å². The van der Waals surface area contributed by atoms with E-state index in [0.29, 0.717) is 60.7 Å². The number of anilines is 2. The summed E-state index contributed by atoms with van der Waals surface area (Å²) >= 11 is 3.53. The third-order valence-corrected chi connectivity index (χ3v) is 9.62. The fourth-order valence-electron chi connectivity index (χ4n) is 6.58. The number of benzene rings is 2. The standard InChI is InChI=1S/C20H18N4O2.C19H15BrN4O2/c1-13-4-2-5-14(12-13)18-22-16-15-6-3-7-21-20(15)26-17(16)19(23-18)24-8-10-25-11-9-24;20-13-4-1-3-12(11-13)17-22-15-14-5-2-6-21-19(14)26-16(15)18(23-17)24-7-9-25-10-8-24/h2-7,12H,8-11H2,1H3;1-6,11H,7-10H2. The molecule has 2 aliphatic heterocycles. The average Bonchev–Trinajstić information content (AvgIpc) is 3.77. The first-order chi connectivity index (χ1) is 25.6. The topological polar surface area (TPSA) is 129 Å². The number of aryl methyl sites for hydroxylation is 1. The van der Waals surface area contributed by atoms with Gasteiger partial charge in [-0.1, -0.05) is 51.8 Å². The fraction of sp³-hybridized carbons (Fsp3) is 0.231. The van der Waals surface area contributed by atoms with Gasteiger partial charge in [0.05, 0.1) is 37.2 Å². The van der Waals surface area contributed by atoms with E-state index in [-0.39, 0.29) is 0 Å². The first-order valence-corrected chi connectivity index (χ1v) is 18.0. The van der Waals surface area contributed by atoms with Crippen molar-refractivity contribution in [3.63, 3.8) is 0 Å². The van der Waals surface area contributed by atoms with Gasteiger partial charge in [0.2, 0.25) is 11.4 Å². The van der Waals surface area contributed by atoms with Gasteiger partial charge in [-0.15, -0.1) is 0 Å².